The molecule has 1 heterocycles. The summed E-state index contributed by atoms with van der Waals surface area (Å²) in [5.74, 6) is -0.488. The van der Waals surface area contributed by atoms with Crippen LogP contribution in [0.5, 0.6) is 0 Å². The first-order valence-electron chi connectivity index (χ1n) is 9.03. The van der Waals surface area contributed by atoms with Crippen molar-refractivity contribution < 1.29 is 14.7 Å². The minimum Gasteiger partial charge on any atom is -0.480 e. The van der Waals surface area contributed by atoms with Crippen LogP contribution in [-0.4, -0.2) is 59.5 Å². The fourth-order valence-corrected chi connectivity index (χ4v) is 4.38. The van der Waals surface area contributed by atoms with Crippen LogP contribution in [-0.2, 0) is 9.59 Å². The second-order valence-electron chi connectivity index (χ2n) is 7.31. The Labute approximate surface area is 163 Å². The molecular formula is C19H24Cl2N2O3. The smallest absolute Gasteiger partial charge is 0.317 e. The van der Waals surface area contributed by atoms with Gasteiger partial charge < -0.3 is 10.0 Å². The third-order valence-corrected chi connectivity index (χ3v) is 6.34. The van der Waals surface area contributed by atoms with Crippen molar-refractivity contribution in [1.29, 1.82) is 0 Å². The zero-order chi connectivity index (χ0) is 18.8. The van der Waals surface area contributed by atoms with E-state index in [4.69, 9.17) is 28.3 Å². The summed E-state index contributed by atoms with van der Waals surface area (Å²) in [4.78, 5) is 27.6. The SMILES string of the molecule is CN(CC(=O)O)C1CCCN(C(=O)C2CC2c2cccc(Cl)c2Cl)CC1. The van der Waals surface area contributed by atoms with Crippen LogP contribution in [0.25, 0.3) is 0 Å². The minimum absolute atomic E-state index is 0.0146. The fourth-order valence-electron chi connectivity index (χ4n) is 3.94. The van der Waals surface area contributed by atoms with Crippen molar-refractivity contribution in [1.82, 2.24) is 9.80 Å². The molecule has 1 saturated heterocycles. The summed E-state index contributed by atoms with van der Waals surface area (Å²) < 4.78 is 0. The highest BCUT2D eigenvalue weighted by molar-refractivity contribution is 6.42. The van der Waals surface area contributed by atoms with Crippen LogP contribution in [0.2, 0.25) is 10.0 Å². The van der Waals surface area contributed by atoms with Gasteiger partial charge >= 0.3 is 5.97 Å². The van der Waals surface area contributed by atoms with Gasteiger partial charge in [0.05, 0.1) is 16.6 Å². The molecule has 3 rings (SSSR count). The van der Waals surface area contributed by atoms with E-state index in [-0.39, 0.29) is 30.3 Å². The molecule has 2 fully saturated rings. The van der Waals surface area contributed by atoms with E-state index in [1.807, 2.05) is 29.0 Å². The van der Waals surface area contributed by atoms with E-state index < -0.39 is 5.97 Å². The number of halogens is 2. The summed E-state index contributed by atoms with van der Waals surface area (Å²) in [6, 6.07) is 5.79. The van der Waals surface area contributed by atoms with Gasteiger partial charge in [-0.1, -0.05) is 35.3 Å². The average molecular weight is 399 g/mol. The number of rotatable bonds is 5. The lowest BCUT2D eigenvalue weighted by molar-refractivity contribution is -0.138. The van der Waals surface area contributed by atoms with E-state index in [1.54, 1.807) is 6.07 Å². The fraction of sp³-hybridized carbons (Fsp3) is 0.579. The lowest BCUT2D eigenvalue weighted by Crippen LogP contribution is -2.37. The predicted octanol–water partition coefficient (Wildman–Crippen LogP) is 3.49. The lowest BCUT2D eigenvalue weighted by atomic mass is 10.1. The summed E-state index contributed by atoms with van der Waals surface area (Å²) in [5, 5.41) is 10.0. The molecule has 26 heavy (non-hydrogen) atoms. The number of carbonyl (C=O) groups is 2. The zero-order valence-corrected chi connectivity index (χ0v) is 16.3. The number of nitrogens with zero attached hydrogens (tertiary/aromatic N) is 2. The molecule has 1 aromatic carbocycles. The van der Waals surface area contributed by atoms with Crippen LogP contribution in [0, 0.1) is 5.92 Å². The molecule has 5 nitrogen and oxygen atoms in total. The van der Waals surface area contributed by atoms with Crippen molar-refractivity contribution in [2.45, 2.75) is 37.6 Å². The normalized spacial score (nSPS) is 25.8. The monoisotopic (exact) mass is 398 g/mol. The van der Waals surface area contributed by atoms with Gasteiger partial charge in [-0.25, -0.2) is 0 Å². The van der Waals surface area contributed by atoms with E-state index in [0.717, 1.165) is 37.8 Å². The molecular weight excluding hydrogens is 375 g/mol. The number of carboxylic acid groups (broad SMARTS) is 1. The van der Waals surface area contributed by atoms with Gasteiger partial charge in [0.25, 0.3) is 0 Å². The van der Waals surface area contributed by atoms with Gasteiger partial charge in [0.1, 0.15) is 0 Å². The summed E-state index contributed by atoms with van der Waals surface area (Å²) >= 11 is 12.4. The number of carboxylic acids is 1. The summed E-state index contributed by atoms with van der Waals surface area (Å²) in [7, 11) is 1.84. The molecule has 0 radical (unpaired) electrons. The molecule has 1 aliphatic carbocycles. The predicted molar refractivity (Wildman–Crippen MR) is 102 cm³/mol. The largest absolute Gasteiger partial charge is 0.480 e. The number of aliphatic carboxylic acids is 1. The molecule has 1 aromatic rings. The van der Waals surface area contributed by atoms with Crippen molar-refractivity contribution in [2.24, 2.45) is 5.92 Å². The molecule has 3 unspecified atom stereocenters. The standard InChI is InChI=1S/C19H24Cl2N2O3/c1-22(11-17(24)25)12-4-3-8-23(9-7-12)19(26)15-10-14(15)13-5-2-6-16(20)18(13)21/h2,5-6,12,14-15H,3-4,7-11H2,1H3,(H,24,25). The molecule has 142 valence electrons. The van der Waals surface area contributed by atoms with Gasteiger partial charge in [0.15, 0.2) is 0 Å². The maximum absolute atomic E-state index is 12.9. The maximum atomic E-state index is 12.9. The van der Waals surface area contributed by atoms with Crippen molar-refractivity contribution in [3.05, 3.63) is 33.8 Å². The zero-order valence-electron chi connectivity index (χ0n) is 14.8. The Morgan fingerprint density at radius 2 is 2.04 bits per heavy atom. The van der Waals surface area contributed by atoms with E-state index in [9.17, 15) is 9.59 Å². The number of hydrogen-bond donors (Lipinski definition) is 1. The Morgan fingerprint density at radius 1 is 1.27 bits per heavy atom. The molecule has 0 spiro atoms. The van der Waals surface area contributed by atoms with Crippen molar-refractivity contribution in [2.75, 3.05) is 26.7 Å². The number of benzene rings is 1. The number of amides is 1. The van der Waals surface area contributed by atoms with E-state index >= 15 is 0 Å². The van der Waals surface area contributed by atoms with Crippen LogP contribution in [0.15, 0.2) is 18.2 Å². The molecule has 3 atom stereocenters. The molecule has 2 aliphatic rings. The molecule has 1 saturated carbocycles. The highest BCUT2D eigenvalue weighted by Gasteiger charge is 2.46. The topological polar surface area (TPSA) is 60.9 Å². The second-order valence-corrected chi connectivity index (χ2v) is 8.10. The number of likely N-dealkylation sites (N-methyl/N-ethyl adjacent to an activating group) is 1. The average Bonchev–Trinajstić information content (AvgIpc) is 3.39. The number of hydrogen-bond acceptors (Lipinski definition) is 3. The number of likely N-dealkylation sites (tertiary alicyclic amines) is 1. The van der Waals surface area contributed by atoms with Crippen molar-refractivity contribution >= 4 is 35.1 Å². The first-order valence-corrected chi connectivity index (χ1v) is 9.78. The second kappa shape index (κ2) is 8.15. The van der Waals surface area contributed by atoms with Crippen LogP contribution in [0.3, 0.4) is 0 Å². The first-order chi connectivity index (χ1) is 12.4. The van der Waals surface area contributed by atoms with Gasteiger partial charge in [-0.2, -0.15) is 0 Å². The third-order valence-electron chi connectivity index (χ3n) is 5.51. The summed E-state index contributed by atoms with van der Waals surface area (Å²) in [5.41, 5.74) is 0.964. The molecule has 1 amide bonds. The van der Waals surface area contributed by atoms with Crippen LogP contribution >= 0.6 is 23.2 Å². The van der Waals surface area contributed by atoms with Gasteiger partial charge in [-0.15, -0.1) is 0 Å². The summed E-state index contributed by atoms with van der Waals surface area (Å²) in [6.45, 7) is 1.46. The molecule has 0 bridgehead atoms. The van der Waals surface area contributed by atoms with Crippen molar-refractivity contribution in [3.63, 3.8) is 0 Å². The lowest BCUT2D eigenvalue weighted by Gasteiger charge is -2.25. The van der Waals surface area contributed by atoms with Crippen molar-refractivity contribution in [3.8, 4) is 0 Å². The Kier molecular flexibility index (Phi) is 6.10. The highest BCUT2D eigenvalue weighted by Crippen LogP contribution is 2.51. The Balaban J connectivity index is 1.58. The Hall–Kier alpha value is -1.30. The molecule has 1 N–H and O–H groups in total. The Bertz CT molecular complexity index is 697. The van der Waals surface area contributed by atoms with E-state index in [0.29, 0.717) is 16.6 Å². The van der Waals surface area contributed by atoms with Crippen LogP contribution in [0.1, 0.15) is 37.2 Å². The molecule has 1 aliphatic heterocycles. The van der Waals surface area contributed by atoms with E-state index in [2.05, 4.69) is 0 Å². The quantitative estimate of drug-likeness (QED) is 0.824. The Morgan fingerprint density at radius 3 is 2.77 bits per heavy atom. The van der Waals surface area contributed by atoms with Gasteiger partial charge in [-0.3, -0.25) is 14.5 Å². The van der Waals surface area contributed by atoms with Gasteiger partial charge in [0, 0.05) is 25.0 Å². The van der Waals surface area contributed by atoms with Gasteiger partial charge in [0.2, 0.25) is 5.91 Å². The maximum Gasteiger partial charge on any atom is 0.317 e. The van der Waals surface area contributed by atoms with Gasteiger partial charge in [-0.05, 0) is 50.3 Å². The number of carbonyl (C=O) groups excluding carboxylic acids is 1. The highest BCUT2D eigenvalue weighted by atomic mass is 35.5. The van der Waals surface area contributed by atoms with Crippen LogP contribution in [0.4, 0.5) is 0 Å². The first kappa shape index (κ1) is 19.5. The minimum atomic E-state index is -0.816. The molecule has 0 aromatic heterocycles. The van der Waals surface area contributed by atoms with Crippen LogP contribution < -0.4 is 0 Å². The molecule has 7 heteroatoms. The summed E-state index contributed by atoms with van der Waals surface area (Å²) in [6.07, 6.45) is 3.44. The van der Waals surface area contributed by atoms with E-state index in [1.165, 1.54) is 0 Å². The third kappa shape index (κ3) is 4.33.